The average Bonchev–Trinajstić information content (AvgIpc) is 2.17. The minimum Gasteiger partial charge on any atom is -0.396 e. The van der Waals surface area contributed by atoms with E-state index in [1.807, 2.05) is 6.92 Å². The van der Waals surface area contributed by atoms with Crippen LogP contribution in [0.3, 0.4) is 0 Å². The number of rotatable bonds is 5. The second-order valence-electron chi connectivity index (χ2n) is 3.41. The molecule has 0 spiro atoms. The lowest BCUT2D eigenvalue weighted by molar-refractivity contribution is 0.289. The maximum atomic E-state index is 11.8. The first kappa shape index (κ1) is 13.4. The van der Waals surface area contributed by atoms with Gasteiger partial charge in [-0.05, 0) is 31.0 Å². The summed E-state index contributed by atoms with van der Waals surface area (Å²) in [6, 6.07) is 4.76. The highest BCUT2D eigenvalue weighted by molar-refractivity contribution is 7.89. The van der Waals surface area contributed by atoms with Crippen molar-refractivity contribution in [3.8, 4) is 0 Å². The minimum atomic E-state index is -3.57. The van der Waals surface area contributed by atoms with Crippen molar-refractivity contribution >= 4 is 21.6 Å². The molecule has 0 aromatic heterocycles. The SMILES string of the molecule is Cc1ccc(S(=O)(=O)NCCCO)c(Cl)c1. The number of aryl methyl sites for hydroxylation is 1. The van der Waals surface area contributed by atoms with Gasteiger partial charge in [0, 0.05) is 13.2 Å². The maximum absolute atomic E-state index is 11.8. The molecule has 90 valence electrons. The quantitative estimate of drug-likeness (QED) is 0.787. The Morgan fingerprint density at radius 2 is 2.12 bits per heavy atom. The van der Waals surface area contributed by atoms with Gasteiger partial charge in [-0.2, -0.15) is 0 Å². The van der Waals surface area contributed by atoms with Gasteiger partial charge in [0.1, 0.15) is 4.90 Å². The summed E-state index contributed by atoms with van der Waals surface area (Å²) >= 11 is 5.86. The van der Waals surface area contributed by atoms with Crippen molar-refractivity contribution in [2.24, 2.45) is 0 Å². The molecule has 0 amide bonds. The fraction of sp³-hybridized carbons (Fsp3) is 0.400. The Hall–Kier alpha value is -0.620. The van der Waals surface area contributed by atoms with Crippen LogP contribution in [0.25, 0.3) is 0 Å². The van der Waals surface area contributed by atoms with Crippen molar-refractivity contribution in [2.75, 3.05) is 13.2 Å². The van der Waals surface area contributed by atoms with Gasteiger partial charge in [-0.1, -0.05) is 17.7 Å². The fourth-order valence-electron chi connectivity index (χ4n) is 1.19. The number of hydrogen-bond acceptors (Lipinski definition) is 3. The van der Waals surface area contributed by atoms with Gasteiger partial charge in [-0.3, -0.25) is 0 Å². The van der Waals surface area contributed by atoms with E-state index >= 15 is 0 Å². The van der Waals surface area contributed by atoms with Gasteiger partial charge in [0.2, 0.25) is 10.0 Å². The van der Waals surface area contributed by atoms with Crippen LogP contribution in [0.4, 0.5) is 0 Å². The minimum absolute atomic E-state index is 0.0514. The first-order valence-corrected chi connectivity index (χ1v) is 6.70. The van der Waals surface area contributed by atoms with E-state index in [1.165, 1.54) is 6.07 Å². The van der Waals surface area contributed by atoms with E-state index in [2.05, 4.69) is 4.72 Å². The zero-order chi connectivity index (χ0) is 12.2. The Kier molecular flexibility index (Phi) is 4.73. The summed E-state index contributed by atoms with van der Waals surface area (Å²) < 4.78 is 25.9. The molecule has 0 bridgehead atoms. The zero-order valence-corrected chi connectivity index (χ0v) is 10.5. The van der Waals surface area contributed by atoms with Gasteiger partial charge in [-0.25, -0.2) is 13.1 Å². The number of halogens is 1. The highest BCUT2D eigenvalue weighted by Crippen LogP contribution is 2.22. The number of hydrogen-bond donors (Lipinski definition) is 2. The molecule has 0 atom stereocenters. The molecule has 0 fully saturated rings. The topological polar surface area (TPSA) is 66.4 Å². The lowest BCUT2D eigenvalue weighted by Crippen LogP contribution is -2.25. The molecule has 6 heteroatoms. The van der Waals surface area contributed by atoms with Gasteiger partial charge in [-0.15, -0.1) is 0 Å². The molecule has 16 heavy (non-hydrogen) atoms. The Balaban J connectivity index is 2.90. The predicted molar refractivity (Wildman–Crippen MR) is 63.1 cm³/mol. The molecular weight excluding hydrogens is 250 g/mol. The van der Waals surface area contributed by atoms with Crippen LogP contribution in [0.2, 0.25) is 5.02 Å². The Labute approximate surface area is 100 Å². The molecule has 1 rings (SSSR count). The van der Waals surface area contributed by atoms with Crippen LogP contribution < -0.4 is 4.72 Å². The van der Waals surface area contributed by atoms with Crippen LogP contribution in [0.5, 0.6) is 0 Å². The summed E-state index contributed by atoms with van der Waals surface area (Å²) in [4.78, 5) is 0.0673. The van der Waals surface area contributed by atoms with Crippen molar-refractivity contribution in [2.45, 2.75) is 18.2 Å². The van der Waals surface area contributed by atoms with E-state index < -0.39 is 10.0 Å². The van der Waals surface area contributed by atoms with Crippen LogP contribution in [0.1, 0.15) is 12.0 Å². The summed E-state index contributed by atoms with van der Waals surface area (Å²) in [5, 5.41) is 8.77. The monoisotopic (exact) mass is 263 g/mol. The number of benzene rings is 1. The summed E-state index contributed by atoms with van der Waals surface area (Å²) in [7, 11) is -3.57. The number of sulfonamides is 1. The molecule has 1 aromatic carbocycles. The van der Waals surface area contributed by atoms with Gasteiger partial charge >= 0.3 is 0 Å². The van der Waals surface area contributed by atoms with Crippen LogP contribution in [-0.4, -0.2) is 26.7 Å². The molecule has 0 saturated heterocycles. The normalized spacial score (nSPS) is 11.7. The molecule has 0 heterocycles. The Morgan fingerprint density at radius 1 is 1.44 bits per heavy atom. The van der Waals surface area contributed by atoms with E-state index in [9.17, 15) is 8.42 Å². The second kappa shape index (κ2) is 5.63. The van der Waals surface area contributed by atoms with Gasteiger partial charge in [0.05, 0.1) is 5.02 Å². The van der Waals surface area contributed by atoms with E-state index in [1.54, 1.807) is 12.1 Å². The third-order valence-electron chi connectivity index (χ3n) is 2.00. The summed E-state index contributed by atoms with van der Waals surface area (Å²) in [6.07, 6.45) is 0.378. The number of aliphatic hydroxyl groups is 1. The smallest absolute Gasteiger partial charge is 0.242 e. The molecule has 1 aromatic rings. The van der Waals surface area contributed by atoms with Gasteiger partial charge in [0.25, 0.3) is 0 Å². The Bertz CT molecular complexity index is 459. The van der Waals surface area contributed by atoms with Crippen LogP contribution >= 0.6 is 11.6 Å². The highest BCUT2D eigenvalue weighted by atomic mass is 35.5. The summed E-state index contributed by atoms with van der Waals surface area (Å²) in [5.74, 6) is 0. The number of aliphatic hydroxyl groups excluding tert-OH is 1. The van der Waals surface area contributed by atoms with Gasteiger partial charge < -0.3 is 5.11 Å². The highest BCUT2D eigenvalue weighted by Gasteiger charge is 2.16. The predicted octanol–water partition coefficient (Wildman–Crippen LogP) is 1.31. The fourth-order valence-corrected chi connectivity index (χ4v) is 2.86. The third kappa shape index (κ3) is 3.45. The van der Waals surface area contributed by atoms with Crippen LogP contribution in [-0.2, 0) is 10.0 Å². The molecule has 0 aliphatic carbocycles. The maximum Gasteiger partial charge on any atom is 0.242 e. The largest absolute Gasteiger partial charge is 0.396 e. The van der Waals surface area contributed by atoms with Crippen LogP contribution in [0.15, 0.2) is 23.1 Å². The van der Waals surface area contributed by atoms with E-state index in [0.717, 1.165) is 5.56 Å². The summed E-state index contributed by atoms with van der Waals surface area (Å²) in [6.45, 7) is 1.98. The van der Waals surface area contributed by atoms with Gasteiger partial charge in [0.15, 0.2) is 0 Å². The third-order valence-corrected chi connectivity index (χ3v) is 3.95. The molecule has 4 nitrogen and oxygen atoms in total. The zero-order valence-electron chi connectivity index (χ0n) is 8.90. The number of nitrogens with one attached hydrogen (secondary N) is 1. The van der Waals surface area contributed by atoms with Crippen molar-refractivity contribution in [1.82, 2.24) is 4.72 Å². The van der Waals surface area contributed by atoms with Crippen molar-refractivity contribution in [3.05, 3.63) is 28.8 Å². The lowest BCUT2D eigenvalue weighted by atomic mass is 10.2. The standard InChI is InChI=1S/C10H14ClNO3S/c1-8-3-4-10(9(11)7-8)16(14,15)12-5-2-6-13/h3-4,7,12-13H,2,5-6H2,1H3. The lowest BCUT2D eigenvalue weighted by Gasteiger charge is -2.08. The van der Waals surface area contributed by atoms with E-state index in [4.69, 9.17) is 16.7 Å². The molecule has 0 unspecified atom stereocenters. The average molecular weight is 264 g/mol. The molecule has 2 N–H and O–H groups in total. The first-order chi connectivity index (χ1) is 7.47. The van der Waals surface area contributed by atoms with Crippen molar-refractivity contribution < 1.29 is 13.5 Å². The molecular formula is C10H14ClNO3S. The molecule has 0 aliphatic heterocycles. The molecule has 0 aliphatic rings. The van der Waals surface area contributed by atoms with Crippen molar-refractivity contribution in [3.63, 3.8) is 0 Å². The first-order valence-electron chi connectivity index (χ1n) is 4.84. The van der Waals surface area contributed by atoms with Crippen LogP contribution in [0, 0.1) is 6.92 Å². The second-order valence-corrected chi connectivity index (χ2v) is 5.55. The van der Waals surface area contributed by atoms with Crippen molar-refractivity contribution in [1.29, 1.82) is 0 Å². The van der Waals surface area contributed by atoms with E-state index in [0.29, 0.717) is 6.42 Å². The summed E-state index contributed by atoms with van der Waals surface area (Å²) in [5.41, 5.74) is 0.902. The molecule has 0 radical (unpaired) electrons. The molecule has 0 saturated carbocycles. The Morgan fingerprint density at radius 3 is 2.69 bits per heavy atom. The van der Waals surface area contributed by atoms with E-state index in [-0.39, 0.29) is 23.1 Å².